The molecule has 3 N–H and O–H groups in total. The fraction of sp³-hybridized carbons (Fsp3) is 0.400. The number of benzene rings is 2. The zero-order valence-electron chi connectivity index (χ0n) is 18.7. The third-order valence-corrected chi connectivity index (χ3v) is 7.17. The molecule has 2 amide bonds. The highest BCUT2D eigenvalue weighted by Crippen LogP contribution is 2.44. The summed E-state index contributed by atoms with van der Waals surface area (Å²) in [5, 5.41) is 21.8. The number of aliphatic carboxylic acids is 1. The van der Waals surface area contributed by atoms with Gasteiger partial charge in [0.25, 0.3) is 0 Å². The van der Waals surface area contributed by atoms with Gasteiger partial charge in [0, 0.05) is 5.92 Å². The highest BCUT2D eigenvalue weighted by molar-refractivity contribution is 5.89. The van der Waals surface area contributed by atoms with Gasteiger partial charge in [0.2, 0.25) is 5.91 Å². The van der Waals surface area contributed by atoms with Crippen molar-refractivity contribution in [3.05, 3.63) is 59.7 Å². The van der Waals surface area contributed by atoms with Crippen LogP contribution in [0.1, 0.15) is 24.0 Å². The largest absolute Gasteiger partial charge is 0.479 e. The Balaban J connectivity index is 1.23. The molecule has 2 fully saturated rings. The van der Waals surface area contributed by atoms with E-state index in [4.69, 9.17) is 14.6 Å². The minimum Gasteiger partial charge on any atom is -0.479 e. The second-order valence-corrected chi connectivity index (χ2v) is 9.45. The number of aliphatic hydroxyl groups is 1. The summed E-state index contributed by atoms with van der Waals surface area (Å²) in [7, 11) is 0. The van der Waals surface area contributed by atoms with Crippen LogP contribution in [0.4, 0.5) is 4.79 Å². The molecule has 2 aliphatic heterocycles. The van der Waals surface area contributed by atoms with Crippen molar-refractivity contribution in [3.63, 3.8) is 0 Å². The van der Waals surface area contributed by atoms with Gasteiger partial charge in [-0.25, -0.2) is 9.59 Å². The Hall–Kier alpha value is -3.43. The number of likely N-dealkylation sites (tertiary alicyclic amines) is 1. The van der Waals surface area contributed by atoms with Gasteiger partial charge in [0.15, 0.2) is 5.60 Å². The third kappa shape index (κ3) is 3.52. The quantitative estimate of drug-likeness (QED) is 0.611. The van der Waals surface area contributed by atoms with Crippen LogP contribution >= 0.6 is 0 Å². The Bertz CT molecular complexity index is 1110. The molecule has 2 saturated heterocycles. The fourth-order valence-electron chi connectivity index (χ4n) is 5.09. The molecule has 9 nitrogen and oxygen atoms in total. The van der Waals surface area contributed by atoms with Crippen molar-refractivity contribution in [2.24, 2.45) is 5.41 Å². The van der Waals surface area contributed by atoms with Crippen molar-refractivity contribution in [3.8, 4) is 11.1 Å². The van der Waals surface area contributed by atoms with E-state index in [1.807, 2.05) is 36.4 Å². The van der Waals surface area contributed by atoms with Gasteiger partial charge >= 0.3 is 12.1 Å². The van der Waals surface area contributed by atoms with Crippen LogP contribution in [0.15, 0.2) is 48.5 Å². The van der Waals surface area contributed by atoms with Crippen LogP contribution in [0.5, 0.6) is 0 Å². The minimum absolute atomic E-state index is 0.0716. The number of β-amino-alcohol motifs (C(OH)–C–C–N with tert-alkyl or cyclic N) is 1. The maximum Gasteiger partial charge on any atom is 0.407 e. The van der Waals surface area contributed by atoms with Crippen molar-refractivity contribution in [1.82, 2.24) is 10.2 Å². The molecule has 2 unspecified atom stereocenters. The van der Waals surface area contributed by atoms with Crippen LogP contribution in [-0.2, 0) is 19.1 Å². The van der Waals surface area contributed by atoms with Crippen molar-refractivity contribution >= 4 is 18.0 Å². The maximum absolute atomic E-state index is 13.0. The summed E-state index contributed by atoms with van der Waals surface area (Å²) < 4.78 is 11.1. The van der Waals surface area contributed by atoms with E-state index in [0.717, 1.165) is 22.3 Å². The molecule has 2 aromatic carbocycles. The van der Waals surface area contributed by atoms with Gasteiger partial charge in [-0.1, -0.05) is 48.5 Å². The highest BCUT2D eigenvalue weighted by atomic mass is 16.5. The number of carboxylic acid groups (broad SMARTS) is 1. The molecule has 0 spiro atoms. The molecule has 0 aromatic heterocycles. The van der Waals surface area contributed by atoms with E-state index in [0.29, 0.717) is 0 Å². The first-order valence-electron chi connectivity index (χ1n) is 11.2. The summed E-state index contributed by atoms with van der Waals surface area (Å²) in [5.74, 6) is -1.82. The van der Waals surface area contributed by atoms with Crippen molar-refractivity contribution < 1.29 is 34.1 Å². The first kappa shape index (κ1) is 22.4. The number of amides is 2. The van der Waals surface area contributed by atoms with Crippen molar-refractivity contribution in [2.45, 2.75) is 24.5 Å². The predicted molar refractivity (Wildman–Crippen MR) is 120 cm³/mol. The van der Waals surface area contributed by atoms with Gasteiger partial charge in [-0.05, 0) is 29.2 Å². The normalized spacial score (nSPS) is 24.6. The van der Waals surface area contributed by atoms with Gasteiger partial charge in [-0.2, -0.15) is 0 Å². The predicted octanol–water partition coefficient (Wildman–Crippen LogP) is 1.59. The van der Waals surface area contributed by atoms with E-state index in [1.54, 1.807) is 6.92 Å². The highest BCUT2D eigenvalue weighted by Gasteiger charge is 2.56. The van der Waals surface area contributed by atoms with E-state index in [2.05, 4.69) is 17.4 Å². The molecule has 9 heteroatoms. The third-order valence-electron chi connectivity index (χ3n) is 7.17. The lowest BCUT2D eigenvalue weighted by Gasteiger charge is -2.46. The van der Waals surface area contributed by atoms with E-state index < -0.39 is 29.1 Å². The summed E-state index contributed by atoms with van der Waals surface area (Å²) in [5.41, 5.74) is 1.44. The van der Waals surface area contributed by atoms with E-state index in [-0.39, 0.29) is 44.7 Å². The molecule has 2 aromatic rings. The summed E-state index contributed by atoms with van der Waals surface area (Å²) in [6.45, 7) is 1.42. The number of nitrogens with zero attached hydrogens (tertiary/aromatic N) is 1. The van der Waals surface area contributed by atoms with Gasteiger partial charge in [0.05, 0.1) is 37.8 Å². The summed E-state index contributed by atoms with van der Waals surface area (Å²) in [4.78, 5) is 38.2. The molecule has 2 atom stereocenters. The number of ether oxygens (including phenoxy) is 2. The van der Waals surface area contributed by atoms with Crippen molar-refractivity contribution in [1.29, 1.82) is 0 Å². The minimum atomic E-state index is -1.93. The molecule has 1 aliphatic carbocycles. The fourth-order valence-corrected chi connectivity index (χ4v) is 5.09. The SMILES string of the molecule is CC1(C(=O)N2CC(O)(C(=O)O)C2)COCC1NC(=O)OCC1c2ccccc2-c2ccccc21. The average molecular weight is 466 g/mol. The molecule has 2 heterocycles. The maximum atomic E-state index is 13.0. The van der Waals surface area contributed by atoms with Gasteiger partial charge in [0.1, 0.15) is 6.61 Å². The zero-order valence-corrected chi connectivity index (χ0v) is 18.7. The lowest BCUT2D eigenvalue weighted by Crippen LogP contribution is -2.70. The summed E-state index contributed by atoms with van der Waals surface area (Å²) in [6.07, 6.45) is -0.651. The first-order valence-corrected chi connectivity index (χ1v) is 11.2. The number of carbonyl (C=O) groups is 3. The molecule has 0 radical (unpaired) electrons. The molecule has 34 heavy (non-hydrogen) atoms. The van der Waals surface area contributed by atoms with E-state index in [9.17, 15) is 19.5 Å². The van der Waals surface area contributed by atoms with E-state index >= 15 is 0 Å². The molecular formula is C25H26N2O7. The number of nitrogens with one attached hydrogen (secondary N) is 1. The second kappa shape index (κ2) is 8.11. The molecule has 178 valence electrons. The summed E-state index contributed by atoms with van der Waals surface area (Å²) in [6, 6.07) is 15.4. The van der Waals surface area contributed by atoms with Crippen LogP contribution in [0.3, 0.4) is 0 Å². The topological polar surface area (TPSA) is 125 Å². The van der Waals surface area contributed by atoms with Gasteiger partial charge in [-0.3, -0.25) is 4.79 Å². The smallest absolute Gasteiger partial charge is 0.407 e. The lowest BCUT2D eigenvalue weighted by atomic mass is 9.81. The Kier molecular flexibility index (Phi) is 5.33. The van der Waals surface area contributed by atoms with Crippen LogP contribution in [0.25, 0.3) is 11.1 Å². The summed E-state index contributed by atoms with van der Waals surface area (Å²) >= 11 is 0. The van der Waals surface area contributed by atoms with Gasteiger partial charge in [-0.15, -0.1) is 0 Å². The number of alkyl carbamates (subject to hydrolysis) is 1. The first-order chi connectivity index (χ1) is 16.2. The second-order valence-electron chi connectivity index (χ2n) is 9.45. The Morgan fingerprint density at radius 3 is 2.26 bits per heavy atom. The Morgan fingerprint density at radius 2 is 1.68 bits per heavy atom. The van der Waals surface area contributed by atoms with Crippen LogP contribution in [0.2, 0.25) is 0 Å². The Morgan fingerprint density at radius 1 is 1.09 bits per heavy atom. The van der Waals surface area contributed by atoms with E-state index in [1.165, 1.54) is 4.90 Å². The Labute approximate surface area is 196 Å². The number of rotatable bonds is 5. The standard InChI is InChI=1S/C25H26N2O7/c1-24(21(28)27-12-25(32,13-27)22(29)30)14-33-11-20(24)26-23(31)34-10-19-17-8-4-2-6-15(17)16-7-3-5-9-18(16)19/h2-9,19-20,32H,10-14H2,1H3,(H,26,31)(H,29,30). The molecular weight excluding hydrogens is 440 g/mol. The number of fused-ring (bicyclic) bond motifs is 3. The average Bonchev–Trinajstić information content (AvgIpc) is 3.33. The lowest BCUT2D eigenvalue weighted by molar-refractivity contribution is -0.186. The van der Waals surface area contributed by atoms with Gasteiger partial charge < -0.3 is 29.9 Å². The van der Waals surface area contributed by atoms with Crippen molar-refractivity contribution in [2.75, 3.05) is 32.9 Å². The number of hydrogen-bond donors (Lipinski definition) is 3. The number of carbonyl (C=O) groups excluding carboxylic acids is 2. The van der Waals surface area contributed by atoms with Crippen LogP contribution in [-0.4, -0.2) is 77.6 Å². The molecule has 5 rings (SSSR count). The zero-order chi connectivity index (χ0) is 24.1. The molecule has 0 saturated carbocycles. The van der Waals surface area contributed by atoms with Crippen LogP contribution < -0.4 is 5.32 Å². The molecule has 0 bridgehead atoms. The monoisotopic (exact) mass is 466 g/mol. The number of hydrogen-bond acceptors (Lipinski definition) is 6. The number of carboxylic acids is 1. The molecule has 3 aliphatic rings. The van der Waals surface area contributed by atoms with Crippen LogP contribution in [0, 0.1) is 5.41 Å².